The van der Waals surface area contributed by atoms with Crippen molar-refractivity contribution >= 4 is 16.9 Å². The maximum atomic E-state index is 12.3. The molecule has 146 valence electrons. The van der Waals surface area contributed by atoms with Crippen molar-refractivity contribution in [1.29, 1.82) is 0 Å². The maximum absolute atomic E-state index is 12.3. The number of aliphatic hydroxyl groups is 1. The highest BCUT2D eigenvalue weighted by atomic mass is 16.5. The highest BCUT2D eigenvalue weighted by Gasteiger charge is 2.14. The van der Waals surface area contributed by atoms with Crippen molar-refractivity contribution in [2.24, 2.45) is 0 Å². The van der Waals surface area contributed by atoms with Gasteiger partial charge in [0.2, 0.25) is 5.91 Å². The summed E-state index contributed by atoms with van der Waals surface area (Å²) >= 11 is 0. The van der Waals surface area contributed by atoms with Crippen molar-refractivity contribution in [2.75, 3.05) is 13.7 Å². The number of hydrogen-bond donors (Lipinski definition) is 2. The normalized spacial score (nSPS) is 12.0. The molecule has 0 aliphatic carbocycles. The highest BCUT2D eigenvalue weighted by molar-refractivity contribution is 5.82. The molecule has 0 saturated carbocycles. The molecule has 0 aliphatic heterocycles. The standard InChI is InChI=1S/C22H23NO5/c1-14-17-9-8-16(27-2)12-20(17)28-22(26)18(14)10-11-21(25)23-13-19(24)15-6-4-3-5-7-15/h3-9,12,19,24H,10-11,13H2,1-2H3,(H,23,25)/t19-/m1/s1. The third-order valence-corrected chi connectivity index (χ3v) is 4.77. The van der Waals surface area contributed by atoms with Gasteiger partial charge in [-0.1, -0.05) is 30.3 Å². The van der Waals surface area contributed by atoms with Crippen LogP contribution in [0.15, 0.2) is 57.7 Å². The van der Waals surface area contributed by atoms with E-state index in [9.17, 15) is 14.7 Å². The molecule has 2 N–H and O–H groups in total. The lowest BCUT2D eigenvalue weighted by molar-refractivity contribution is -0.121. The predicted molar refractivity (Wildman–Crippen MR) is 107 cm³/mol. The number of benzene rings is 2. The number of rotatable bonds is 7. The maximum Gasteiger partial charge on any atom is 0.339 e. The molecule has 0 radical (unpaired) electrons. The molecule has 3 aromatic rings. The molecule has 0 saturated heterocycles. The molecule has 3 rings (SSSR count). The molecule has 0 unspecified atom stereocenters. The van der Waals surface area contributed by atoms with Gasteiger partial charge >= 0.3 is 5.63 Å². The summed E-state index contributed by atoms with van der Waals surface area (Å²) in [6.45, 7) is 1.96. The van der Waals surface area contributed by atoms with Gasteiger partial charge in [-0.15, -0.1) is 0 Å². The minimum absolute atomic E-state index is 0.119. The predicted octanol–water partition coefficient (Wildman–Crippen LogP) is 2.89. The van der Waals surface area contributed by atoms with E-state index >= 15 is 0 Å². The number of aryl methyl sites for hydroxylation is 1. The third kappa shape index (κ3) is 4.40. The summed E-state index contributed by atoms with van der Waals surface area (Å²) in [5.41, 5.74) is 2.03. The molecule has 28 heavy (non-hydrogen) atoms. The molecule has 0 fully saturated rings. The number of ether oxygens (including phenoxy) is 1. The van der Waals surface area contributed by atoms with E-state index in [2.05, 4.69) is 5.32 Å². The van der Waals surface area contributed by atoms with Crippen LogP contribution in [0, 0.1) is 6.92 Å². The fourth-order valence-electron chi connectivity index (χ4n) is 3.12. The lowest BCUT2D eigenvalue weighted by Crippen LogP contribution is -2.29. The Kier molecular flexibility index (Phi) is 6.11. The van der Waals surface area contributed by atoms with Gasteiger partial charge in [0.25, 0.3) is 0 Å². The molecule has 6 nitrogen and oxygen atoms in total. The molecule has 6 heteroatoms. The zero-order valence-corrected chi connectivity index (χ0v) is 15.9. The van der Waals surface area contributed by atoms with Crippen molar-refractivity contribution in [1.82, 2.24) is 5.32 Å². The number of aliphatic hydroxyl groups excluding tert-OH is 1. The molecule has 1 heterocycles. The topological polar surface area (TPSA) is 88.8 Å². The molecule has 0 aliphatic rings. The van der Waals surface area contributed by atoms with Gasteiger partial charge in [0.15, 0.2) is 0 Å². The largest absolute Gasteiger partial charge is 0.497 e. The lowest BCUT2D eigenvalue weighted by atomic mass is 10.0. The number of amides is 1. The van der Waals surface area contributed by atoms with Gasteiger partial charge in [-0.25, -0.2) is 4.79 Å². The fourth-order valence-corrected chi connectivity index (χ4v) is 3.12. The Morgan fingerprint density at radius 1 is 1.21 bits per heavy atom. The Hall–Kier alpha value is -3.12. The molecular weight excluding hydrogens is 358 g/mol. The number of fused-ring (bicyclic) bond motifs is 1. The van der Waals surface area contributed by atoms with Gasteiger partial charge in [0, 0.05) is 30.0 Å². The van der Waals surface area contributed by atoms with Crippen LogP contribution in [0.4, 0.5) is 0 Å². The number of methoxy groups -OCH3 is 1. The first-order valence-electron chi connectivity index (χ1n) is 9.09. The number of nitrogens with one attached hydrogen (secondary N) is 1. The summed E-state index contributed by atoms with van der Waals surface area (Å²) in [6, 6.07) is 14.4. The van der Waals surface area contributed by atoms with Crippen LogP contribution in [-0.4, -0.2) is 24.7 Å². The van der Waals surface area contributed by atoms with Crippen molar-refractivity contribution in [3.05, 3.63) is 75.6 Å². The number of hydrogen-bond acceptors (Lipinski definition) is 5. The second-order valence-electron chi connectivity index (χ2n) is 6.59. The third-order valence-electron chi connectivity index (χ3n) is 4.77. The second kappa shape index (κ2) is 8.71. The summed E-state index contributed by atoms with van der Waals surface area (Å²) in [5, 5.41) is 13.6. The average molecular weight is 381 g/mol. The SMILES string of the molecule is COc1ccc2c(C)c(CCC(=O)NC[C@@H](O)c3ccccc3)c(=O)oc2c1. The van der Waals surface area contributed by atoms with E-state index in [4.69, 9.17) is 9.15 Å². The quantitative estimate of drug-likeness (QED) is 0.615. The molecule has 1 aromatic heterocycles. The van der Waals surface area contributed by atoms with Crippen molar-refractivity contribution in [3.8, 4) is 5.75 Å². The van der Waals surface area contributed by atoms with Crippen LogP contribution in [0.1, 0.15) is 29.2 Å². The minimum Gasteiger partial charge on any atom is -0.497 e. The van der Waals surface area contributed by atoms with E-state index in [1.807, 2.05) is 31.2 Å². The van der Waals surface area contributed by atoms with Crippen LogP contribution in [-0.2, 0) is 11.2 Å². The lowest BCUT2D eigenvalue weighted by Gasteiger charge is -2.12. The van der Waals surface area contributed by atoms with Crippen LogP contribution < -0.4 is 15.7 Å². The van der Waals surface area contributed by atoms with Crippen LogP contribution in [0.2, 0.25) is 0 Å². The van der Waals surface area contributed by atoms with E-state index < -0.39 is 11.7 Å². The summed E-state index contributed by atoms with van der Waals surface area (Å²) in [5.74, 6) is 0.378. The molecule has 0 spiro atoms. The van der Waals surface area contributed by atoms with Crippen LogP contribution in [0.3, 0.4) is 0 Å². The molecule has 0 bridgehead atoms. The van der Waals surface area contributed by atoms with Crippen LogP contribution >= 0.6 is 0 Å². The van der Waals surface area contributed by atoms with Gasteiger partial charge in [-0.2, -0.15) is 0 Å². The second-order valence-corrected chi connectivity index (χ2v) is 6.59. The van der Waals surface area contributed by atoms with E-state index in [1.165, 1.54) is 0 Å². The summed E-state index contributed by atoms with van der Waals surface area (Å²) in [7, 11) is 1.55. The Bertz CT molecular complexity index is 1030. The number of carbonyl (C=O) groups excluding carboxylic acids is 1. The smallest absolute Gasteiger partial charge is 0.339 e. The summed E-state index contributed by atoms with van der Waals surface area (Å²) in [4.78, 5) is 24.5. The molecule has 1 amide bonds. The van der Waals surface area contributed by atoms with E-state index in [0.717, 1.165) is 16.5 Å². The van der Waals surface area contributed by atoms with Crippen LogP contribution in [0.25, 0.3) is 11.0 Å². The van der Waals surface area contributed by atoms with Gasteiger partial charge in [-0.05, 0) is 36.6 Å². The minimum atomic E-state index is -0.771. The van der Waals surface area contributed by atoms with E-state index in [1.54, 1.807) is 31.4 Å². The number of carbonyl (C=O) groups is 1. The van der Waals surface area contributed by atoms with E-state index in [0.29, 0.717) is 16.9 Å². The first-order valence-corrected chi connectivity index (χ1v) is 9.09. The highest BCUT2D eigenvalue weighted by Crippen LogP contribution is 2.24. The van der Waals surface area contributed by atoms with E-state index in [-0.39, 0.29) is 25.3 Å². The van der Waals surface area contributed by atoms with Crippen molar-refractivity contribution in [2.45, 2.75) is 25.9 Å². The molecule has 1 atom stereocenters. The molecule has 2 aromatic carbocycles. The Balaban J connectivity index is 1.64. The zero-order chi connectivity index (χ0) is 20.1. The van der Waals surface area contributed by atoms with Crippen molar-refractivity contribution < 1.29 is 19.1 Å². The van der Waals surface area contributed by atoms with Gasteiger partial charge < -0.3 is 19.6 Å². The summed E-state index contributed by atoms with van der Waals surface area (Å²) in [6.07, 6.45) is -0.370. The average Bonchev–Trinajstić information content (AvgIpc) is 2.71. The van der Waals surface area contributed by atoms with Gasteiger partial charge in [0.05, 0.1) is 13.2 Å². The van der Waals surface area contributed by atoms with Crippen molar-refractivity contribution in [3.63, 3.8) is 0 Å². The first-order chi connectivity index (χ1) is 13.5. The van der Waals surface area contributed by atoms with Gasteiger partial charge in [-0.3, -0.25) is 4.79 Å². The Morgan fingerprint density at radius 3 is 2.68 bits per heavy atom. The van der Waals surface area contributed by atoms with Gasteiger partial charge in [0.1, 0.15) is 11.3 Å². The van der Waals surface area contributed by atoms with Crippen LogP contribution in [0.5, 0.6) is 5.75 Å². The zero-order valence-electron chi connectivity index (χ0n) is 15.9. The Morgan fingerprint density at radius 2 is 1.96 bits per heavy atom. The fraction of sp³-hybridized carbons (Fsp3) is 0.273. The monoisotopic (exact) mass is 381 g/mol. The Labute approximate surface area is 162 Å². The summed E-state index contributed by atoms with van der Waals surface area (Å²) < 4.78 is 10.6. The molecular formula is C22H23NO5. The first kappa shape index (κ1) is 19.6.